The van der Waals surface area contributed by atoms with Crippen LogP contribution in [0.15, 0.2) is 6.07 Å². The predicted octanol–water partition coefficient (Wildman–Crippen LogP) is 2.19. The highest BCUT2D eigenvalue weighted by Gasteiger charge is 2.59. The number of carbonyl (C=O) groups excluding carboxylic acids is 1. The quantitative estimate of drug-likeness (QED) is 0.848. The third kappa shape index (κ3) is 1.60. The molecule has 108 valence electrons. The SMILES string of the molecule is COc1c(C)c(OC(C)C)cc2c1C(=O)C21OCCO1. The molecule has 2 aliphatic rings. The number of methoxy groups -OCH3 is 1. The molecule has 0 saturated carbocycles. The van der Waals surface area contributed by atoms with Gasteiger partial charge in [-0.05, 0) is 26.8 Å². The molecule has 0 atom stereocenters. The van der Waals surface area contributed by atoms with Gasteiger partial charge in [-0.3, -0.25) is 4.79 Å². The number of carbonyl (C=O) groups is 1. The third-order valence-corrected chi connectivity index (χ3v) is 3.62. The van der Waals surface area contributed by atoms with E-state index in [9.17, 15) is 4.79 Å². The summed E-state index contributed by atoms with van der Waals surface area (Å²) in [5.41, 5.74) is 2.07. The molecule has 20 heavy (non-hydrogen) atoms. The first-order chi connectivity index (χ1) is 9.51. The van der Waals surface area contributed by atoms with E-state index in [1.807, 2.05) is 26.8 Å². The average molecular weight is 278 g/mol. The fourth-order valence-electron chi connectivity index (χ4n) is 2.77. The minimum atomic E-state index is -1.23. The van der Waals surface area contributed by atoms with Crippen LogP contribution in [0.3, 0.4) is 0 Å². The Kier molecular flexibility index (Phi) is 2.99. The molecule has 1 spiro atoms. The van der Waals surface area contributed by atoms with Crippen LogP contribution in [0.25, 0.3) is 0 Å². The van der Waals surface area contributed by atoms with Crippen molar-refractivity contribution in [3.05, 3.63) is 22.8 Å². The van der Waals surface area contributed by atoms with Gasteiger partial charge in [-0.25, -0.2) is 0 Å². The Morgan fingerprint density at radius 1 is 1.30 bits per heavy atom. The highest BCUT2D eigenvalue weighted by molar-refractivity contribution is 6.14. The molecule has 0 unspecified atom stereocenters. The van der Waals surface area contributed by atoms with Gasteiger partial charge in [-0.1, -0.05) is 0 Å². The van der Waals surface area contributed by atoms with Crippen LogP contribution in [0, 0.1) is 6.92 Å². The maximum atomic E-state index is 12.4. The Hall–Kier alpha value is -1.59. The lowest BCUT2D eigenvalue weighted by Gasteiger charge is -2.38. The second-order valence-corrected chi connectivity index (χ2v) is 5.26. The Balaban J connectivity index is 2.15. The predicted molar refractivity (Wildman–Crippen MR) is 71.4 cm³/mol. The molecule has 0 aromatic heterocycles. The molecule has 0 amide bonds. The highest BCUT2D eigenvalue weighted by Crippen LogP contribution is 2.52. The molecule has 5 nitrogen and oxygen atoms in total. The van der Waals surface area contributed by atoms with Crippen LogP contribution >= 0.6 is 0 Å². The number of hydrogen-bond donors (Lipinski definition) is 0. The van der Waals surface area contributed by atoms with E-state index in [0.717, 1.165) is 5.56 Å². The first kappa shape index (κ1) is 13.4. The summed E-state index contributed by atoms with van der Waals surface area (Å²) in [7, 11) is 1.55. The molecule has 3 rings (SSSR count). The van der Waals surface area contributed by atoms with Gasteiger partial charge < -0.3 is 18.9 Å². The summed E-state index contributed by atoms with van der Waals surface area (Å²) in [6.07, 6.45) is 0.0357. The lowest BCUT2D eigenvalue weighted by Crippen LogP contribution is -2.47. The van der Waals surface area contributed by atoms with Gasteiger partial charge in [-0.2, -0.15) is 0 Å². The zero-order valence-electron chi connectivity index (χ0n) is 12.1. The number of hydrogen-bond acceptors (Lipinski definition) is 5. The number of Topliss-reactive ketones (excluding diaryl/α,β-unsaturated/α-hetero) is 1. The van der Waals surface area contributed by atoms with Gasteiger partial charge in [0.25, 0.3) is 5.79 Å². The fraction of sp³-hybridized carbons (Fsp3) is 0.533. The molecule has 1 fully saturated rings. The Morgan fingerprint density at radius 2 is 1.95 bits per heavy atom. The van der Waals surface area contributed by atoms with Crippen LogP contribution < -0.4 is 9.47 Å². The zero-order valence-corrected chi connectivity index (χ0v) is 12.1. The average Bonchev–Trinajstić information content (AvgIpc) is 2.91. The van der Waals surface area contributed by atoms with Crippen molar-refractivity contribution >= 4 is 5.78 Å². The van der Waals surface area contributed by atoms with E-state index in [4.69, 9.17) is 18.9 Å². The van der Waals surface area contributed by atoms with Crippen molar-refractivity contribution in [2.45, 2.75) is 32.7 Å². The van der Waals surface area contributed by atoms with Crippen LogP contribution in [0.1, 0.15) is 35.3 Å². The summed E-state index contributed by atoms with van der Waals surface area (Å²) in [6, 6.07) is 1.83. The van der Waals surface area contributed by atoms with E-state index >= 15 is 0 Å². The summed E-state index contributed by atoms with van der Waals surface area (Å²) < 4.78 is 22.2. The van der Waals surface area contributed by atoms with Crippen LogP contribution in [0.4, 0.5) is 0 Å². The van der Waals surface area contributed by atoms with Gasteiger partial charge in [0.05, 0.1) is 32.0 Å². The molecule has 0 radical (unpaired) electrons. The monoisotopic (exact) mass is 278 g/mol. The van der Waals surface area contributed by atoms with Crippen molar-refractivity contribution in [2.75, 3.05) is 20.3 Å². The summed E-state index contributed by atoms with van der Waals surface area (Å²) >= 11 is 0. The summed E-state index contributed by atoms with van der Waals surface area (Å²) in [6.45, 7) is 6.62. The first-order valence-corrected chi connectivity index (χ1v) is 6.72. The van der Waals surface area contributed by atoms with Crippen molar-refractivity contribution in [2.24, 2.45) is 0 Å². The lowest BCUT2D eigenvalue weighted by molar-refractivity contribution is -0.137. The smallest absolute Gasteiger partial charge is 0.262 e. The van der Waals surface area contributed by atoms with Crippen molar-refractivity contribution in [3.8, 4) is 11.5 Å². The number of ketones is 1. The number of fused-ring (bicyclic) bond motifs is 2. The van der Waals surface area contributed by atoms with Gasteiger partial charge in [0.2, 0.25) is 5.78 Å². The van der Waals surface area contributed by atoms with Gasteiger partial charge in [0, 0.05) is 11.1 Å². The normalized spacial score (nSPS) is 19.1. The molecule has 5 heteroatoms. The van der Waals surface area contributed by atoms with E-state index in [1.165, 1.54) is 0 Å². The standard InChI is InChI=1S/C15H18O5/c1-8(2)20-11-7-10-12(13(17-4)9(11)3)14(16)15(10)18-5-6-19-15/h7-8H,5-6H2,1-4H3. The number of rotatable bonds is 3. The van der Waals surface area contributed by atoms with Gasteiger partial charge in [-0.15, -0.1) is 0 Å². The van der Waals surface area contributed by atoms with Crippen LogP contribution in [-0.4, -0.2) is 32.2 Å². The van der Waals surface area contributed by atoms with Crippen LogP contribution in [0.2, 0.25) is 0 Å². The fourth-order valence-corrected chi connectivity index (χ4v) is 2.77. The molecule has 0 bridgehead atoms. The number of benzene rings is 1. The molecule has 0 N–H and O–H groups in total. The molecule has 1 aliphatic carbocycles. The van der Waals surface area contributed by atoms with Crippen molar-refractivity contribution in [1.29, 1.82) is 0 Å². The van der Waals surface area contributed by atoms with E-state index in [2.05, 4.69) is 0 Å². The van der Waals surface area contributed by atoms with E-state index in [-0.39, 0.29) is 11.9 Å². The Bertz CT molecular complexity index is 570. The Labute approximate surface area is 117 Å². The molecule has 1 aromatic carbocycles. The van der Waals surface area contributed by atoms with Crippen molar-refractivity contribution in [1.82, 2.24) is 0 Å². The van der Waals surface area contributed by atoms with Crippen molar-refractivity contribution in [3.63, 3.8) is 0 Å². The molecular weight excluding hydrogens is 260 g/mol. The molecular formula is C15H18O5. The first-order valence-electron chi connectivity index (χ1n) is 6.72. The van der Waals surface area contributed by atoms with E-state index in [1.54, 1.807) is 7.11 Å². The Morgan fingerprint density at radius 3 is 2.50 bits per heavy atom. The minimum absolute atomic E-state index is 0.0357. The van der Waals surface area contributed by atoms with Gasteiger partial charge in [0.1, 0.15) is 11.5 Å². The van der Waals surface area contributed by atoms with E-state index < -0.39 is 5.79 Å². The van der Waals surface area contributed by atoms with Crippen LogP contribution in [0.5, 0.6) is 11.5 Å². The third-order valence-electron chi connectivity index (χ3n) is 3.62. The summed E-state index contributed by atoms with van der Waals surface area (Å²) in [4.78, 5) is 12.4. The second kappa shape index (κ2) is 4.46. The van der Waals surface area contributed by atoms with Gasteiger partial charge in [0.15, 0.2) is 0 Å². The largest absolute Gasteiger partial charge is 0.496 e. The summed E-state index contributed by atoms with van der Waals surface area (Å²) in [5.74, 6) is -0.152. The molecule has 1 aromatic rings. The second-order valence-electron chi connectivity index (χ2n) is 5.26. The van der Waals surface area contributed by atoms with Crippen molar-refractivity contribution < 1.29 is 23.7 Å². The van der Waals surface area contributed by atoms with Gasteiger partial charge >= 0.3 is 0 Å². The maximum absolute atomic E-state index is 12.4. The summed E-state index contributed by atoms with van der Waals surface area (Å²) in [5, 5.41) is 0. The molecule has 1 heterocycles. The lowest BCUT2D eigenvalue weighted by atomic mass is 9.78. The molecule has 1 saturated heterocycles. The van der Waals surface area contributed by atoms with Crippen LogP contribution in [-0.2, 0) is 15.3 Å². The molecule has 1 aliphatic heterocycles. The maximum Gasteiger partial charge on any atom is 0.262 e. The minimum Gasteiger partial charge on any atom is -0.496 e. The van der Waals surface area contributed by atoms with E-state index in [0.29, 0.717) is 35.8 Å². The number of ether oxygens (including phenoxy) is 4. The zero-order chi connectivity index (χ0) is 14.5. The topological polar surface area (TPSA) is 54.0 Å². The highest BCUT2D eigenvalue weighted by atomic mass is 16.7.